The SMILES string of the molecule is ClP(Cl)Cl.FP(F)(F)(F)F. The molecule has 10 heavy (non-hydrogen) atoms. The Bertz CT molecular complexity index is 73.1. The van der Waals surface area contributed by atoms with Gasteiger partial charge in [0.1, 0.15) is 0 Å². The molecule has 0 saturated heterocycles. The van der Waals surface area contributed by atoms with Crippen LogP contribution in [0.2, 0.25) is 0 Å². The van der Waals surface area contributed by atoms with Gasteiger partial charge in [-0.25, -0.2) is 0 Å². The molecule has 0 aliphatic rings. The minimum absolute atomic E-state index is 1.20. The molecule has 0 radical (unpaired) electrons. The van der Waals surface area contributed by atoms with Crippen LogP contribution in [-0.4, -0.2) is 0 Å². The predicted octanol–water partition coefficient (Wildman–Crippen LogP) is 5.89. The van der Waals surface area contributed by atoms with E-state index >= 15 is 0 Å². The maximum atomic E-state index is 9.84. The Morgan fingerprint density at radius 3 is 0.800 bits per heavy atom. The molecule has 66 valence electrons. The average molecular weight is 263 g/mol. The van der Waals surface area contributed by atoms with E-state index in [1.165, 1.54) is 0 Å². The molecular formula is Cl3F5P2. The number of rotatable bonds is 0. The fourth-order valence-electron chi connectivity index (χ4n) is 0. The van der Waals surface area contributed by atoms with Gasteiger partial charge in [0.25, 0.3) is 0 Å². The van der Waals surface area contributed by atoms with Gasteiger partial charge in [0.05, 0.1) is 0 Å². The fourth-order valence-corrected chi connectivity index (χ4v) is 0. The summed E-state index contributed by atoms with van der Waals surface area (Å²) in [6, 6.07) is 0. The standard InChI is InChI=1S/Cl3P.F5P/c1-4(2)3;1-6(2,3,4)5. The Hall–Kier alpha value is 1.38. The third-order valence-corrected chi connectivity index (χ3v) is 0. The van der Waals surface area contributed by atoms with E-state index in [0.717, 1.165) is 0 Å². The van der Waals surface area contributed by atoms with Crippen molar-refractivity contribution in [3.05, 3.63) is 0 Å². The summed E-state index contributed by atoms with van der Waals surface area (Å²) in [4.78, 5) is 0. The molecule has 0 aromatic heterocycles. The van der Waals surface area contributed by atoms with Crippen molar-refractivity contribution < 1.29 is 21.0 Å². The summed E-state index contributed by atoms with van der Waals surface area (Å²) in [7, 11) is -8.55. The molecule has 0 N–H and O–H groups in total. The van der Waals surface area contributed by atoms with Crippen molar-refractivity contribution >= 4 is 47.9 Å². The van der Waals surface area contributed by atoms with Gasteiger partial charge in [-0.05, 0) is 0 Å². The van der Waals surface area contributed by atoms with Crippen molar-refractivity contribution in [1.82, 2.24) is 0 Å². The molecule has 0 aromatic rings. The summed E-state index contributed by atoms with van der Waals surface area (Å²) < 4.78 is 49.2. The van der Waals surface area contributed by atoms with Gasteiger partial charge in [-0.3, -0.25) is 0 Å². The number of hydrogen-bond donors (Lipinski definition) is 0. The van der Waals surface area contributed by atoms with E-state index in [9.17, 15) is 21.0 Å². The summed E-state index contributed by atoms with van der Waals surface area (Å²) in [5.74, 6) is -1.20. The molecule has 0 fully saturated rings. The number of halogens is 8. The van der Waals surface area contributed by atoms with E-state index in [4.69, 9.17) is 33.7 Å². The summed E-state index contributed by atoms with van der Waals surface area (Å²) >= 11 is 14.6. The second kappa shape index (κ2) is 4.42. The molecule has 0 bridgehead atoms. The molecule has 0 amide bonds. The van der Waals surface area contributed by atoms with E-state index < -0.39 is 14.1 Å². The van der Waals surface area contributed by atoms with Gasteiger partial charge in [-0.1, -0.05) is 33.7 Å². The zero-order valence-corrected chi connectivity index (χ0v) is 7.97. The van der Waals surface area contributed by atoms with Crippen LogP contribution in [0.25, 0.3) is 0 Å². The topological polar surface area (TPSA) is 0 Å². The van der Waals surface area contributed by atoms with Gasteiger partial charge in [-0.2, -0.15) is 0 Å². The van der Waals surface area contributed by atoms with Crippen LogP contribution in [0.15, 0.2) is 0 Å². The second-order valence-corrected chi connectivity index (χ2v) is 7.09. The van der Waals surface area contributed by atoms with E-state index in [1.807, 2.05) is 0 Å². The van der Waals surface area contributed by atoms with E-state index in [0.29, 0.717) is 0 Å². The Morgan fingerprint density at radius 2 is 0.800 bits per heavy atom. The van der Waals surface area contributed by atoms with Crippen LogP contribution in [0.3, 0.4) is 0 Å². The van der Waals surface area contributed by atoms with Crippen LogP contribution in [0.4, 0.5) is 21.0 Å². The predicted molar refractivity (Wildman–Crippen MR) is 36.9 cm³/mol. The number of hydrogen-bond acceptors (Lipinski definition) is 0. The zero-order chi connectivity index (χ0) is 9.02. The summed E-state index contributed by atoms with van der Waals surface area (Å²) in [5.41, 5.74) is 0. The van der Waals surface area contributed by atoms with Crippen molar-refractivity contribution in [2.24, 2.45) is 0 Å². The Morgan fingerprint density at radius 1 is 0.800 bits per heavy atom. The molecule has 0 rings (SSSR count). The first-order chi connectivity index (χ1) is 3.97. The molecule has 0 saturated carbocycles. The molecule has 0 nitrogen and oxygen atoms in total. The molecule has 0 aromatic carbocycles. The molecule has 0 heterocycles. The molecule has 10 heteroatoms. The Labute approximate surface area is 69.3 Å². The van der Waals surface area contributed by atoms with Crippen LogP contribution >= 0.6 is 47.9 Å². The van der Waals surface area contributed by atoms with Gasteiger partial charge < -0.3 is 0 Å². The van der Waals surface area contributed by atoms with Crippen LogP contribution < -0.4 is 0 Å². The summed E-state index contributed by atoms with van der Waals surface area (Å²) in [6.07, 6.45) is 0. The molecule has 0 aliphatic heterocycles. The second-order valence-electron chi connectivity index (χ2n) is 0.831. The molecule has 0 aliphatic carbocycles. The van der Waals surface area contributed by atoms with Crippen molar-refractivity contribution in [3.63, 3.8) is 0 Å². The van der Waals surface area contributed by atoms with Crippen molar-refractivity contribution in [3.8, 4) is 0 Å². The van der Waals surface area contributed by atoms with Crippen LogP contribution in [0.5, 0.6) is 0 Å². The quantitative estimate of drug-likeness (QED) is 0.377. The normalized spacial score (nSPS) is 15.1. The third kappa shape index (κ3) is 346. The minimum atomic E-state index is -8.55. The van der Waals surface area contributed by atoms with Crippen LogP contribution in [0, 0.1) is 0 Å². The zero-order valence-electron chi connectivity index (χ0n) is 3.92. The molecule has 0 unspecified atom stereocenters. The van der Waals surface area contributed by atoms with Gasteiger partial charge in [0.2, 0.25) is 0 Å². The monoisotopic (exact) mass is 262 g/mol. The van der Waals surface area contributed by atoms with Crippen molar-refractivity contribution in [2.45, 2.75) is 0 Å². The summed E-state index contributed by atoms with van der Waals surface area (Å²) in [6.45, 7) is 0. The summed E-state index contributed by atoms with van der Waals surface area (Å²) in [5, 5.41) is 0. The van der Waals surface area contributed by atoms with E-state index in [-0.39, 0.29) is 0 Å². The van der Waals surface area contributed by atoms with E-state index in [1.54, 1.807) is 0 Å². The first-order valence-electron chi connectivity index (χ1n) is 1.35. The van der Waals surface area contributed by atoms with Gasteiger partial charge in [0.15, 0.2) is 5.98 Å². The van der Waals surface area contributed by atoms with Gasteiger partial charge >= 0.3 is 29.1 Å². The Balaban J connectivity index is 0. The first kappa shape index (κ1) is 13.9. The fraction of sp³-hybridized carbons (Fsp3) is 0. The van der Waals surface area contributed by atoms with Crippen LogP contribution in [0.1, 0.15) is 0 Å². The van der Waals surface area contributed by atoms with Gasteiger partial charge in [-0.15, -0.1) is 0 Å². The van der Waals surface area contributed by atoms with E-state index in [2.05, 4.69) is 0 Å². The van der Waals surface area contributed by atoms with Crippen molar-refractivity contribution in [2.75, 3.05) is 0 Å². The maximum absolute atomic E-state index is 9.84. The molecule has 0 atom stereocenters. The third-order valence-electron chi connectivity index (χ3n) is 0. The molecular weight excluding hydrogens is 263 g/mol. The van der Waals surface area contributed by atoms with Gasteiger partial charge in [0, 0.05) is 0 Å². The average Bonchev–Trinajstić information content (AvgIpc) is 1.14. The van der Waals surface area contributed by atoms with Crippen molar-refractivity contribution in [1.29, 1.82) is 0 Å². The first-order valence-corrected chi connectivity index (χ1v) is 7.10. The molecule has 0 spiro atoms. The Kier molecular flexibility index (Phi) is 6.15. The van der Waals surface area contributed by atoms with Crippen LogP contribution in [-0.2, 0) is 0 Å².